The van der Waals surface area contributed by atoms with Crippen molar-refractivity contribution in [2.45, 2.75) is 32.4 Å². The van der Waals surface area contributed by atoms with E-state index >= 15 is 0 Å². The molecule has 1 fully saturated rings. The van der Waals surface area contributed by atoms with Gasteiger partial charge in [0.1, 0.15) is 11.9 Å². The zero-order valence-electron chi connectivity index (χ0n) is 9.34. The fourth-order valence-electron chi connectivity index (χ4n) is 1.88. The Labute approximate surface area is 106 Å². The summed E-state index contributed by atoms with van der Waals surface area (Å²) in [4.78, 5) is 0. The van der Waals surface area contributed by atoms with Gasteiger partial charge in [-0.2, -0.15) is 0 Å². The van der Waals surface area contributed by atoms with E-state index in [9.17, 15) is 0 Å². The molecule has 1 aliphatic rings. The van der Waals surface area contributed by atoms with E-state index < -0.39 is 0 Å². The molecular weight excluding hydrogens is 245 g/mol. The number of nitrogens with two attached hydrogens (primary N) is 1. The second-order valence-electron chi connectivity index (χ2n) is 4.88. The van der Waals surface area contributed by atoms with Crippen molar-refractivity contribution < 1.29 is 4.74 Å². The maximum Gasteiger partial charge on any atom is 0.122 e. The molecule has 1 aromatic carbocycles. The van der Waals surface area contributed by atoms with Gasteiger partial charge in [-0.25, -0.2) is 0 Å². The second-order valence-corrected chi connectivity index (χ2v) is 5.75. The van der Waals surface area contributed by atoms with Crippen molar-refractivity contribution in [2.24, 2.45) is 11.1 Å². The van der Waals surface area contributed by atoms with Crippen LogP contribution in [0.3, 0.4) is 0 Å². The van der Waals surface area contributed by atoms with E-state index in [0.717, 1.165) is 6.42 Å². The minimum atomic E-state index is 0.00872. The number of ether oxygens (including phenoxy) is 1. The predicted octanol–water partition coefficient (Wildman–Crippen LogP) is 3.50. The molecule has 4 heteroatoms. The van der Waals surface area contributed by atoms with E-state index in [1.165, 1.54) is 0 Å². The van der Waals surface area contributed by atoms with Crippen LogP contribution in [-0.2, 0) is 0 Å². The smallest absolute Gasteiger partial charge is 0.122 e. The molecule has 0 heterocycles. The van der Waals surface area contributed by atoms with Gasteiger partial charge >= 0.3 is 0 Å². The van der Waals surface area contributed by atoms with Crippen LogP contribution in [0.5, 0.6) is 5.75 Å². The molecule has 2 nitrogen and oxygen atoms in total. The van der Waals surface area contributed by atoms with Crippen LogP contribution in [0.1, 0.15) is 20.3 Å². The van der Waals surface area contributed by atoms with Crippen LogP contribution in [0.25, 0.3) is 0 Å². The van der Waals surface area contributed by atoms with Crippen LogP contribution in [0.15, 0.2) is 18.2 Å². The first-order chi connectivity index (χ1) is 7.39. The quantitative estimate of drug-likeness (QED) is 0.883. The number of hydrogen-bond donors (Lipinski definition) is 1. The third-order valence-corrected chi connectivity index (χ3v) is 3.80. The van der Waals surface area contributed by atoms with E-state index in [0.29, 0.717) is 15.8 Å². The van der Waals surface area contributed by atoms with Gasteiger partial charge in [0.25, 0.3) is 0 Å². The number of rotatable bonds is 2. The van der Waals surface area contributed by atoms with Crippen molar-refractivity contribution >= 4 is 23.2 Å². The van der Waals surface area contributed by atoms with Gasteiger partial charge < -0.3 is 10.5 Å². The highest BCUT2D eigenvalue weighted by Gasteiger charge is 2.47. The van der Waals surface area contributed by atoms with E-state index in [-0.39, 0.29) is 17.6 Å². The summed E-state index contributed by atoms with van der Waals surface area (Å²) in [5.41, 5.74) is 5.94. The average Bonchev–Trinajstić information content (AvgIpc) is 2.15. The van der Waals surface area contributed by atoms with Gasteiger partial charge in [0, 0.05) is 27.9 Å². The standard InChI is InChI=1S/C12H15Cl2NO/c1-12(2)10(15)6-11(12)16-9-4-7(13)3-8(14)5-9/h3-5,10-11H,6,15H2,1-2H3. The van der Waals surface area contributed by atoms with E-state index in [2.05, 4.69) is 13.8 Å². The zero-order chi connectivity index (χ0) is 11.9. The van der Waals surface area contributed by atoms with Crippen LogP contribution < -0.4 is 10.5 Å². The average molecular weight is 260 g/mol. The topological polar surface area (TPSA) is 35.2 Å². The molecule has 0 aliphatic heterocycles. The van der Waals surface area contributed by atoms with E-state index in [4.69, 9.17) is 33.7 Å². The summed E-state index contributed by atoms with van der Waals surface area (Å²) in [5, 5.41) is 1.17. The number of benzene rings is 1. The van der Waals surface area contributed by atoms with Gasteiger partial charge in [0.2, 0.25) is 0 Å². The number of hydrogen-bond acceptors (Lipinski definition) is 2. The SMILES string of the molecule is CC1(C)C(N)CC1Oc1cc(Cl)cc(Cl)c1. The molecule has 0 bridgehead atoms. The van der Waals surface area contributed by atoms with Gasteiger partial charge in [0.15, 0.2) is 0 Å². The van der Waals surface area contributed by atoms with Gasteiger partial charge in [-0.15, -0.1) is 0 Å². The van der Waals surface area contributed by atoms with Crippen molar-refractivity contribution in [1.29, 1.82) is 0 Å². The molecule has 1 aromatic rings. The van der Waals surface area contributed by atoms with Gasteiger partial charge in [-0.05, 0) is 18.2 Å². The summed E-state index contributed by atoms with van der Waals surface area (Å²) in [7, 11) is 0. The Kier molecular flexibility index (Phi) is 3.08. The first-order valence-electron chi connectivity index (χ1n) is 5.28. The van der Waals surface area contributed by atoms with Crippen LogP contribution in [0.2, 0.25) is 10.0 Å². The highest BCUT2D eigenvalue weighted by atomic mass is 35.5. The van der Waals surface area contributed by atoms with Crippen LogP contribution in [-0.4, -0.2) is 12.1 Å². The lowest BCUT2D eigenvalue weighted by atomic mass is 9.65. The number of halogens is 2. The maximum atomic E-state index is 5.93. The molecule has 1 saturated carbocycles. The molecule has 88 valence electrons. The Balaban J connectivity index is 2.11. The molecule has 1 aliphatic carbocycles. The summed E-state index contributed by atoms with van der Waals surface area (Å²) in [6.07, 6.45) is 1.01. The zero-order valence-corrected chi connectivity index (χ0v) is 10.8. The molecule has 16 heavy (non-hydrogen) atoms. The highest BCUT2D eigenvalue weighted by Crippen LogP contribution is 2.42. The summed E-state index contributed by atoms with van der Waals surface area (Å²) >= 11 is 11.8. The fraction of sp³-hybridized carbons (Fsp3) is 0.500. The molecular formula is C12H15Cl2NO. The Morgan fingerprint density at radius 2 is 1.81 bits per heavy atom. The molecule has 2 unspecified atom stereocenters. The monoisotopic (exact) mass is 259 g/mol. The van der Waals surface area contributed by atoms with E-state index in [1.807, 2.05) is 0 Å². The van der Waals surface area contributed by atoms with Gasteiger partial charge in [-0.3, -0.25) is 0 Å². The van der Waals surface area contributed by atoms with Gasteiger partial charge in [-0.1, -0.05) is 37.0 Å². The van der Waals surface area contributed by atoms with Crippen molar-refractivity contribution in [3.8, 4) is 5.75 Å². The second kappa shape index (κ2) is 4.10. The Morgan fingerprint density at radius 1 is 1.25 bits per heavy atom. The molecule has 0 spiro atoms. The molecule has 2 atom stereocenters. The molecule has 2 N–H and O–H groups in total. The summed E-state index contributed by atoms with van der Waals surface area (Å²) < 4.78 is 5.85. The third-order valence-electron chi connectivity index (χ3n) is 3.37. The maximum absolute atomic E-state index is 5.93. The molecule has 0 amide bonds. The van der Waals surface area contributed by atoms with Crippen molar-refractivity contribution in [1.82, 2.24) is 0 Å². The lowest BCUT2D eigenvalue weighted by Crippen LogP contribution is -2.60. The fourth-order valence-corrected chi connectivity index (χ4v) is 2.38. The van der Waals surface area contributed by atoms with E-state index in [1.54, 1.807) is 18.2 Å². The lowest BCUT2D eigenvalue weighted by molar-refractivity contribution is -0.0399. The minimum absolute atomic E-state index is 0.00872. The highest BCUT2D eigenvalue weighted by molar-refractivity contribution is 6.34. The molecule has 2 rings (SSSR count). The first kappa shape index (κ1) is 12.0. The van der Waals surface area contributed by atoms with Crippen molar-refractivity contribution in [3.63, 3.8) is 0 Å². The van der Waals surface area contributed by atoms with Crippen LogP contribution in [0, 0.1) is 5.41 Å². The Morgan fingerprint density at radius 3 is 2.25 bits per heavy atom. The van der Waals surface area contributed by atoms with Crippen molar-refractivity contribution in [3.05, 3.63) is 28.2 Å². The molecule has 0 saturated heterocycles. The van der Waals surface area contributed by atoms with Crippen LogP contribution in [0.4, 0.5) is 0 Å². The third kappa shape index (κ3) is 2.15. The Hall–Kier alpha value is -0.440. The van der Waals surface area contributed by atoms with Crippen LogP contribution >= 0.6 is 23.2 Å². The van der Waals surface area contributed by atoms with Crippen molar-refractivity contribution in [2.75, 3.05) is 0 Å². The lowest BCUT2D eigenvalue weighted by Gasteiger charge is -2.49. The summed E-state index contributed by atoms with van der Waals surface area (Å²) in [6.45, 7) is 4.22. The summed E-state index contributed by atoms with van der Waals surface area (Å²) in [5.74, 6) is 0.711. The minimum Gasteiger partial charge on any atom is -0.490 e. The first-order valence-corrected chi connectivity index (χ1v) is 6.03. The Bertz CT molecular complexity index is 386. The largest absolute Gasteiger partial charge is 0.490 e. The summed E-state index contributed by atoms with van der Waals surface area (Å²) in [6, 6.07) is 5.43. The normalized spacial score (nSPS) is 27.3. The predicted molar refractivity (Wildman–Crippen MR) is 67.3 cm³/mol. The molecule has 0 radical (unpaired) electrons. The van der Waals surface area contributed by atoms with Gasteiger partial charge in [0.05, 0.1) is 0 Å². The molecule has 0 aromatic heterocycles.